The van der Waals surface area contributed by atoms with Gasteiger partial charge in [0.05, 0.1) is 12.2 Å². The van der Waals surface area contributed by atoms with Crippen molar-refractivity contribution in [1.29, 1.82) is 0 Å². The third kappa shape index (κ3) is 3.40. The number of nitrogens with one attached hydrogen (secondary N) is 1. The van der Waals surface area contributed by atoms with Gasteiger partial charge < -0.3 is 10.1 Å². The van der Waals surface area contributed by atoms with Gasteiger partial charge >= 0.3 is 0 Å². The molecule has 1 fully saturated rings. The molecule has 0 spiro atoms. The molecule has 1 aromatic rings. The zero-order valence-electron chi connectivity index (χ0n) is 9.08. The Morgan fingerprint density at radius 1 is 1.71 bits per heavy atom. The van der Waals surface area contributed by atoms with E-state index in [0.29, 0.717) is 24.6 Å². The van der Waals surface area contributed by atoms with Gasteiger partial charge in [-0.05, 0) is 28.4 Å². The molecule has 92 valence electrons. The first-order valence-corrected chi connectivity index (χ1v) is 6.51. The van der Waals surface area contributed by atoms with Crippen LogP contribution in [-0.4, -0.2) is 30.6 Å². The fraction of sp³-hybridized carbons (Fsp3) is 0.455. The highest BCUT2D eigenvalue weighted by molar-refractivity contribution is 9.10. The first-order valence-electron chi connectivity index (χ1n) is 5.34. The van der Waals surface area contributed by atoms with Gasteiger partial charge in [-0.1, -0.05) is 11.6 Å². The summed E-state index contributed by atoms with van der Waals surface area (Å²) in [5, 5.41) is 3.06. The summed E-state index contributed by atoms with van der Waals surface area (Å²) < 4.78 is 5.97. The van der Waals surface area contributed by atoms with Crippen molar-refractivity contribution in [3.63, 3.8) is 0 Å². The normalized spacial score (nSPS) is 19.3. The molecule has 0 saturated carbocycles. The van der Waals surface area contributed by atoms with Crippen LogP contribution in [0.3, 0.4) is 0 Å². The summed E-state index contributed by atoms with van der Waals surface area (Å²) in [6, 6.07) is 1.66. The lowest BCUT2D eigenvalue weighted by atomic mass is 10.1. The Labute approximate surface area is 113 Å². The number of nitrogens with zero attached hydrogens (tertiary/aromatic N) is 1. The quantitative estimate of drug-likeness (QED) is 0.870. The van der Waals surface area contributed by atoms with Gasteiger partial charge in [0.1, 0.15) is 5.15 Å². The lowest BCUT2D eigenvalue weighted by molar-refractivity contribution is 0.0944. The molecule has 0 aromatic carbocycles. The van der Waals surface area contributed by atoms with Crippen LogP contribution >= 0.6 is 27.5 Å². The van der Waals surface area contributed by atoms with E-state index in [-0.39, 0.29) is 11.1 Å². The largest absolute Gasteiger partial charge is 0.381 e. The summed E-state index contributed by atoms with van der Waals surface area (Å²) >= 11 is 9.13. The summed E-state index contributed by atoms with van der Waals surface area (Å²) in [6.07, 6.45) is 2.55. The Kier molecular flexibility index (Phi) is 4.36. The van der Waals surface area contributed by atoms with Crippen molar-refractivity contribution in [1.82, 2.24) is 10.3 Å². The molecule has 17 heavy (non-hydrogen) atoms. The molecule has 1 aliphatic rings. The Morgan fingerprint density at radius 2 is 2.53 bits per heavy atom. The van der Waals surface area contributed by atoms with E-state index in [9.17, 15) is 4.79 Å². The predicted octanol–water partition coefficient (Wildman–Crippen LogP) is 2.26. The number of aromatic nitrogens is 1. The number of ether oxygens (including phenoxy) is 1. The molecule has 1 N–H and O–H groups in total. The summed E-state index contributed by atoms with van der Waals surface area (Å²) in [4.78, 5) is 15.8. The van der Waals surface area contributed by atoms with Crippen LogP contribution < -0.4 is 5.32 Å². The average molecular weight is 320 g/mol. The molecule has 6 heteroatoms. The Morgan fingerprint density at radius 3 is 3.24 bits per heavy atom. The van der Waals surface area contributed by atoms with Gasteiger partial charge in [-0.3, -0.25) is 4.79 Å². The van der Waals surface area contributed by atoms with Crippen molar-refractivity contribution >= 4 is 33.4 Å². The van der Waals surface area contributed by atoms with Gasteiger partial charge in [-0.15, -0.1) is 0 Å². The number of hydrogen-bond acceptors (Lipinski definition) is 3. The van der Waals surface area contributed by atoms with Crippen LogP contribution in [0.4, 0.5) is 0 Å². The van der Waals surface area contributed by atoms with E-state index in [0.717, 1.165) is 17.5 Å². The molecular formula is C11H12BrClN2O2. The minimum Gasteiger partial charge on any atom is -0.381 e. The summed E-state index contributed by atoms with van der Waals surface area (Å²) in [6.45, 7) is 2.10. The van der Waals surface area contributed by atoms with E-state index in [2.05, 4.69) is 26.2 Å². The van der Waals surface area contributed by atoms with Crippen molar-refractivity contribution in [3.8, 4) is 0 Å². The minimum absolute atomic E-state index is 0.198. The molecule has 1 aromatic heterocycles. The fourth-order valence-electron chi connectivity index (χ4n) is 1.66. The maximum Gasteiger partial charge on any atom is 0.254 e. The zero-order chi connectivity index (χ0) is 12.3. The third-order valence-electron chi connectivity index (χ3n) is 2.63. The molecule has 4 nitrogen and oxygen atoms in total. The number of amides is 1. The van der Waals surface area contributed by atoms with Crippen molar-refractivity contribution in [2.24, 2.45) is 5.92 Å². The van der Waals surface area contributed by atoms with Crippen LogP contribution in [0.25, 0.3) is 0 Å². The second-order valence-corrected chi connectivity index (χ2v) is 5.21. The molecule has 0 aliphatic carbocycles. The van der Waals surface area contributed by atoms with Crippen molar-refractivity contribution < 1.29 is 9.53 Å². The van der Waals surface area contributed by atoms with Gasteiger partial charge in [-0.25, -0.2) is 4.98 Å². The van der Waals surface area contributed by atoms with Gasteiger partial charge in [-0.2, -0.15) is 0 Å². The number of halogens is 2. The number of carbonyl (C=O) groups is 1. The Hall–Kier alpha value is -0.650. The monoisotopic (exact) mass is 318 g/mol. The number of hydrogen-bond donors (Lipinski definition) is 1. The maximum atomic E-state index is 11.9. The molecular weight excluding hydrogens is 307 g/mol. The fourth-order valence-corrected chi connectivity index (χ4v) is 2.18. The molecule has 1 saturated heterocycles. The van der Waals surface area contributed by atoms with Crippen LogP contribution in [0.15, 0.2) is 16.7 Å². The van der Waals surface area contributed by atoms with Gasteiger partial charge in [0.2, 0.25) is 0 Å². The summed E-state index contributed by atoms with van der Waals surface area (Å²) in [5.74, 6) is 0.202. The van der Waals surface area contributed by atoms with E-state index in [4.69, 9.17) is 16.3 Å². The summed E-state index contributed by atoms with van der Waals surface area (Å²) in [5.41, 5.74) is 0.389. The SMILES string of the molecule is O=C(NCC1CCOC1)c1cc(Br)cnc1Cl. The van der Waals surface area contributed by atoms with Crippen LogP contribution in [0, 0.1) is 5.92 Å². The molecule has 2 heterocycles. The van der Waals surface area contributed by atoms with E-state index in [1.165, 1.54) is 0 Å². The Bertz CT molecular complexity index is 422. The highest BCUT2D eigenvalue weighted by atomic mass is 79.9. The van der Waals surface area contributed by atoms with Crippen LogP contribution in [0.2, 0.25) is 5.15 Å². The van der Waals surface area contributed by atoms with Crippen LogP contribution in [0.1, 0.15) is 16.8 Å². The second-order valence-electron chi connectivity index (χ2n) is 3.93. The van der Waals surface area contributed by atoms with E-state index < -0.39 is 0 Å². The van der Waals surface area contributed by atoms with Crippen molar-refractivity contribution in [2.45, 2.75) is 6.42 Å². The topological polar surface area (TPSA) is 51.2 Å². The molecule has 0 radical (unpaired) electrons. The second kappa shape index (κ2) is 5.80. The standard InChI is InChI=1S/C11H12BrClN2O2/c12-8-3-9(10(13)14-5-8)11(16)15-4-7-1-2-17-6-7/h3,5,7H,1-2,4,6H2,(H,15,16). The average Bonchev–Trinajstić information content (AvgIpc) is 2.82. The Balaban J connectivity index is 1.96. The lowest BCUT2D eigenvalue weighted by Gasteiger charge is -2.10. The van der Waals surface area contributed by atoms with Gasteiger partial charge in [0.25, 0.3) is 5.91 Å². The highest BCUT2D eigenvalue weighted by Crippen LogP contribution is 2.18. The molecule has 1 amide bonds. The van der Waals surface area contributed by atoms with Crippen LogP contribution in [0.5, 0.6) is 0 Å². The first-order chi connectivity index (χ1) is 8.16. The van der Waals surface area contributed by atoms with Crippen molar-refractivity contribution in [3.05, 3.63) is 27.5 Å². The number of pyridine rings is 1. The first kappa shape index (κ1) is 12.8. The molecule has 1 atom stereocenters. The van der Waals surface area contributed by atoms with E-state index in [1.54, 1.807) is 12.3 Å². The minimum atomic E-state index is -0.198. The predicted molar refractivity (Wildman–Crippen MR) is 68.2 cm³/mol. The highest BCUT2D eigenvalue weighted by Gasteiger charge is 2.18. The van der Waals surface area contributed by atoms with Crippen LogP contribution in [-0.2, 0) is 4.74 Å². The molecule has 1 unspecified atom stereocenters. The zero-order valence-corrected chi connectivity index (χ0v) is 11.4. The van der Waals surface area contributed by atoms with E-state index in [1.807, 2.05) is 0 Å². The maximum absolute atomic E-state index is 11.9. The molecule has 0 bridgehead atoms. The smallest absolute Gasteiger partial charge is 0.254 e. The van der Waals surface area contributed by atoms with Gasteiger partial charge in [0, 0.05) is 29.7 Å². The van der Waals surface area contributed by atoms with Crippen molar-refractivity contribution in [2.75, 3.05) is 19.8 Å². The molecule has 1 aliphatic heterocycles. The van der Waals surface area contributed by atoms with Gasteiger partial charge in [0.15, 0.2) is 0 Å². The number of carbonyl (C=O) groups excluding carboxylic acids is 1. The lowest BCUT2D eigenvalue weighted by Crippen LogP contribution is -2.29. The molecule has 2 rings (SSSR count). The number of rotatable bonds is 3. The van der Waals surface area contributed by atoms with E-state index >= 15 is 0 Å². The summed E-state index contributed by atoms with van der Waals surface area (Å²) in [7, 11) is 0. The third-order valence-corrected chi connectivity index (χ3v) is 3.36.